The molecule has 0 fully saturated rings. The molecule has 2 heterocycles. The molecular formula is C10H14N6S. The van der Waals surface area contributed by atoms with Gasteiger partial charge in [0.2, 0.25) is 0 Å². The first-order valence-corrected chi connectivity index (χ1v) is 5.95. The van der Waals surface area contributed by atoms with Gasteiger partial charge in [-0.3, -0.25) is 0 Å². The molecule has 0 bridgehead atoms. The summed E-state index contributed by atoms with van der Waals surface area (Å²) in [5.41, 5.74) is 3.44. The zero-order chi connectivity index (χ0) is 12.3. The standard InChI is InChI=1S/C10H14N6S/c1-6-9(14-5-15-10(6)16-11)13-4-8-3-12-7(2)17-8/h3,5H,4,11H2,1-2H3,(H2,13,14,15,16). The third kappa shape index (κ3) is 2.69. The van der Waals surface area contributed by atoms with Crippen LogP contribution in [0.2, 0.25) is 0 Å². The Hall–Kier alpha value is -1.73. The summed E-state index contributed by atoms with van der Waals surface area (Å²) in [4.78, 5) is 13.6. The molecule has 2 rings (SSSR count). The molecular weight excluding hydrogens is 236 g/mol. The van der Waals surface area contributed by atoms with E-state index in [1.807, 2.05) is 20.0 Å². The number of nitrogens with two attached hydrogens (primary N) is 1. The van der Waals surface area contributed by atoms with Crippen LogP contribution >= 0.6 is 11.3 Å². The summed E-state index contributed by atoms with van der Waals surface area (Å²) >= 11 is 1.67. The van der Waals surface area contributed by atoms with E-state index in [2.05, 4.69) is 25.7 Å². The monoisotopic (exact) mass is 250 g/mol. The lowest BCUT2D eigenvalue weighted by atomic mass is 10.3. The number of thiazole rings is 1. The van der Waals surface area contributed by atoms with Crippen LogP contribution in [0.15, 0.2) is 12.5 Å². The minimum atomic E-state index is 0.628. The number of rotatable bonds is 4. The van der Waals surface area contributed by atoms with E-state index in [0.29, 0.717) is 12.4 Å². The van der Waals surface area contributed by atoms with Crippen LogP contribution < -0.4 is 16.6 Å². The van der Waals surface area contributed by atoms with Crippen molar-refractivity contribution in [3.05, 3.63) is 28.0 Å². The van der Waals surface area contributed by atoms with Crippen molar-refractivity contribution >= 4 is 23.0 Å². The van der Waals surface area contributed by atoms with Crippen molar-refractivity contribution in [2.45, 2.75) is 20.4 Å². The smallest absolute Gasteiger partial charge is 0.148 e. The van der Waals surface area contributed by atoms with Gasteiger partial charge in [-0.25, -0.2) is 20.8 Å². The molecule has 0 saturated heterocycles. The van der Waals surface area contributed by atoms with E-state index in [1.54, 1.807) is 11.3 Å². The first-order chi connectivity index (χ1) is 8.20. The van der Waals surface area contributed by atoms with Crippen LogP contribution in [0.1, 0.15) is 15.4 Å². The van der Waals surface area contributed by atoms with Gasteiger partial charge >= 0.3 is 0 Å². The molecule has 0 aromatic carbocycles. The first kappa shape index (κ1) is 11.7. The second kappa shape index (κ2) is 5.07. The maximum atomic E-state index is 5.35. The third-order valence-electron chi connectivity index (χ3n) is 2.32. The second-order valence-corrected chi connectivity index (χ2v) is 4.86. The summed E-state index contributed by atoms with van der Waals surface area (Å²) in [5, 5.41) is 4.30. The van der Waals surface area contributed by atoms with Gasteiger partial charge < -0.3 is 10.7 Å². The van der Waals surface area contributed by atoms with Gasteiger partial charge in [0.25, 0.3) is 0 Å². The fourth-order valence-electron chi connectivity index (χ4n) is 1.43. The highest BCUT2D eigenvalue weighted by molar-refractivity contribution is 7.11. The van der Waals surface area contributed by atoms with E-state index < -0.39 is 0 Å². The molecule has 2 aromatic heterocycles. The molecule has 0 aliphatic carbocycles. The van der Waals surface area contributed by atoms with E-state index in [1.165, 1.54) is 11.2 Å². The number of aryl methyl sites for hydroxylation is 1. The molecule has 7 heteroatoms. The maximum absolute atomic E-state index is 5.35. The molecule has 2 aromatic rings. The highest BCUT2D eigenvalue weighted by atomic mass is 32.1. The molecule has 0 saturated carbocycles. The van der Waals surface area contributed by atoms with Gasteiger partial charge in [0.1, 0.15) is 18.0 Å². The Balaban J connectivity index is 2.09. The van der Waals surface area contributed by atoms with Crippen LogP contribution in [0, 0.1) is 13.8 Å². The van der Waals surface area contributed by atoms with Gasteiger partial charge in [-0.15, -0.1) is 11.3 Å². The Labute approximate surface area is 103 Å². The SMILES string of the molecule is Cc1ncc(CNc2ncnc(NN)c2C)s1. The number of anilines is 2. The zero-order valence-electron chi connectivity index (χ0n) is 9.69. The summed E-state index contributed by atoms with van der Waals surface area (Å²) < 4.78 is 0. The molecule has 0 radical (unpaired) electrons. The molecule has 0 unspecified atom stereocenters. The van der Waals surface area contributed by atoms with Gasteiger partial charge in [-0.05, 0) is 13.8 Å². The quantitative estimate of drug-likeness (QED) is 0.562. The largest absolute Gasteiger partial charge is 0.365 e. The predicted octanol–water partition coefficient (Wildman–Crippen LogP) is 1.45. The lowest BCUT2D eigenvalue weighted by Crippen LogP contribution is -2.12. The Bertz CT molecular complexity index is 509. The minimum absolute atomic E-state index is 0.628. The highest BCUT2D eigenvalue weighted by Gasteiger charge is 2.06. The summed E-state index contributed by atoms with van der Waals surface area (Å²) in [7, 11) is 0. The van der Waals surface area contributed by atoms with E-state index in [9.17, 15) is 0 Å². The lowest BCUT2D eigenvalue weighted by Gasteiger charge is -2.09. The van der Waals surface area contributed by atoms with Crippen LogP contribution in [0.5, 0.6) is 0 Å². The van der Waals surface area contributed by atoms with Crippen molar-refractivity contribution in [2.75, 3.05) is 10.7 Å². The second-order valence-electron chi connectivity index (χ2n) is 3.54. The van der Waals surface area contributed by atoms with Gasteiger partial charge in [0.15, 0.2) is 0 Å². The Morgan fingerprint density at radius 1 is 1.24 bits per heavy atom. The number of nitrogens with zero attached hydrogens (tertiary/aromatic N) is 3. The van der Waals surface area contributed by atoms with Crippen LogP contribution in [0.25, 0.3) is 0 Å². The average Bonchev–Trinajstić information content (AvgIpc) is 2.74. The third-order valence-corrected chi connectivity index (χ3v) is 3.23. The number of hydrogen-bond donors (Lipinski definition) is 3. The van der Waals surface area contributed by atoms with Crippen molar-refractivity contribution in [1.82, 2.24) is 15.0 Å². The summed E-state index contributed by atoms with van der Waals surface area (Å²) in [5.74, 6) is 6.76. The Morgan fingerprint density at radius 2 is 2.00 bits per heavy atom. The number of nitrogen functional groups attached to an aromatic ring is 1. The predicted molar refractivity (Wildman–Crippen MR) is 68.8 cm³/mol. The van der Waals surface area contributed by atoms with E-state index >= 15 is 0 Å². The van der Waals surface area contributed by atoms with Crippen molar-refractivity contribution < 1.29 is 0 Å². The molecule has 90 valence electrons. The molecule has 0 spiro atoms. The maximum Gasteiger partial charge on any atom is 0.148 e. The zero-order valence-corrected chi connectivity index (χ0v) is 10.5. The van der Waals surface area contributed by atoms with Crippen LogP contribution in [-0.4, -0.2) is 15.0 Å². The van der Waals surface area contributed by atoms with Crippen molar-refractivity contribution in [2.24, 2.45) is 5.84 Å². The fourth-order valence-corrected chi connectivity index (χ4v) is 2.17. The molecule has 17 heavy (non-hydrogen) atoms. The van der Waals surface area contributed by atoms with Gasteiger partial charge in [-0.1, -0.05) is 0 Å². The van der Waals surface area contributed by atoms with E-state index in [-0.39, 0.29) is 0 Å². The highest BCUT2D eigenvalue weighted by Crippen LogP contribution is 2.19. The molecule has 6 nitrogen and oxygen atoms in total. The number of hydrogen-bond acceptors (Lipinski definition) is 7. The summed E-state index contributed by atoms with van der Waals surface area (Å²) in [6.07, 6.45) is 3.34. The van der Waals surface area contributed by atoms with Crippen LogP contribution in [-0.2, 0) is 6.54 Å². The molecule has 0 aliphatic heterocycles. The first-order valence-electron chi connectivity index (χ1n) is 5.14. The average molecular weight is 250 g/mol. The molecule has 0 amide bonds. The van der Waals surface area contributed by atoms with E-state index in [0.717, 1.165) is 16.4 Å². The topological polar surface area (TPSA) is 88.8 Å². The Morgan fingerprint density at radius 3 is 2.65 bits per heavy atom. The Kier molecular flexibility index (Phi) is 3.50. The van der Waals surface area contributed by atoms with E-state index in [4.69, 9.17) is 5.84 Å². The van der Waals surface area contributed by atoms with Crippen molar-refractivity contribution in [3.8, 4) is 0 Å². The van der Waals surface area contributed by atoms with Crippen LogP contribution in [0.4, 0.5) is 11.6 Å². The van der Waals surface area contributed by atoms with Crippen molar-refractivity contribution in [3.63, 3.8) is 0 Å². The molecule has 0 aliphatic rings. The lowest BCUT2D eigenvalue weighted by molar-refractivity contribution is 1.06. The number of hydrazine groups is 1. The summed E-state index contributed by atoms with van der Waals surface area (Å²) in [6.45, 7) is 4.60. The number of aromatic nitrogens is 3. The summed E-state index contributed by atoms with van der Waals surface area (Å²) in [6, 6.07) is 0. The van der Waals surface area contributed by atoms with Gasteiger partial charge in [0.05, 0.1) is 11.6 Å². The van der Waals surface area contributed by atoms with Crippen LogP contribution in [0.3, 0.4) is 0 Å². The minimum Gasteiger partial charge on any atom is -0.365 e. The fraction of sp³-hybridized carbons (Fsp3) is 0.300. The molecule has 0 atom stereocenters. The van der Waals surface area contributed by atoms with Gasteiger partial charge in [0, 0.05) is 16.6 Å². The number of nitrogens with one attached hydrogen (secondary N) is 2. The normalized spacial score (nSPS) is 10.3. The van der Waals surface area contributed by atoms with Gasteiger partial charge in [-0.2, -0.15) is 0 Å². The van der Waals surface area contributed by atoms with Crippen molar-refractivity contribution in [1.29, 1.82) is 0 Å². The molecule has 4 N–H and O–H groups in total.